The van der Waals surface area contributed by atoms with E-state index in [0.717, 1.165) is 30.4 Å². The molecule has 1 unspecified atom stereocenters. The molecule has 0 fully saturated rings. The molecule has 2 aromatic rings. The van der Waals surface area contributed by atoms with Gasteiger partial charge >= 0.3 is 0 Å². The molecule has 1 aliphatic rings. The molecule has 1 aliphatic carbocycles. The molecule has 20 heavy (non-hydrogen) atoms. The first-order valence-corrected chi connectivity index (χ1v) is 6.74. The molecule has 1 aromatic heterocycles. The van der Waals surface area contributed by atoms with E-state index in [4.69, 9.17) is 0 Å². The van der Waals surface area contributed by atoms with Crippen LogP contribution in [0.4, 0.5) is 5.69 Å². The van der Waals surface area contributed by atoms with Gasteiger partial charge in [-0.3, -0.25) is 10.1 Å². The maximum Gasteiger partial charge on any atom is 0.274 e. The number of aryl methyl sites for hydroxylation is 1. The van der Waals surface area contributed by atoms with E-state index in [1.807, 2.05) is 17.0 Å². The van der Waals surface area contributed by atoms with Crippen LogP contribution in [0.2, 0.25) is 0 Å². The smallest absolute Gasteiger partial charge is 0.274 e. The highest BCUT2D eigenvalue weighted by Crippen LogP contribution is 2.30. The summed E-state index contributed by atoms with van der Waals surface area (Å²) in [7, 11) is 0. The number of para-hydroxylation sites is 1. The van der Waals surface area contributed by atoms with Gasteiger partial charge in [-0.15, -0.1) is 0 Å². The molecule has 1 atom stereocenters. The Morgan fingerprint density at radius 2 is 2.15 bits per heavy atom. The van der Waals surface area contributed by atoms with Crippen molar-refractivity contribution in [2.45, 2.75) is 31.9 Å². The molecule has 0 saturated heterocycles. The molecule has 1 N–H and O–H groups in total. The van der Waals surface area contributed by atoms with Gasteiger partial charge in [-0.25, -0.2) is 0 Å². The molecule has 5 heteroatoms. The highest BCUT2D eigenvalue weighted by Gasteiger charge is 2.20. The summed E-state index contributed by atoms with van der Waals surface area (Å²) in [4.78, 5) is 10.7. The molecule has 1 heterocycles. The summed E-state index contributed by atoms with van der Waals surface area (Å²) in [6.07, 6.45) is 6.26. The standard InChI is InChI=1S/C15H16N2O3/c18-15-7-3-5-11-8-16(10-13(11)15)9-12-4-1-2-6-14(12)17(19)20/h1-2,4,6,8,10,15,18H,3,5,7,9H2. The van der Waals surface area contributed by atoms with Crippen LogP contribution in [0.1, 0.15) is 35.6 Å². The van der Waals surface area contributed by atoms with Gasteiger partial charge in [0.25, 0.3) is 5.69 Å². The molecule has 1 aromatic carbocycles. The number of benzene rings is 1. The zero-order valence-electron chi connectivity index (χ0n) is 11.0. The Hall–Kier alpha value is -2.14. The van der Waals surface area contributed by atoms with E-state index in [9.17, 15) is 15.2 Å². The third-order valence-corrected chi connectivity index (χ3v) is 3.82. The summed E-state index contributed by atoms with van der Waals surface area (Å²) in [5.74, 6) is 0. The van der Waals surface area contributed by atoms with Crippen LogP contribution >= 0.6 is 0 Å². The maximum absolute atomic E-state index is 11.0. The predicted molar refractivity (Wildman–Crippen MR) is 74.5 cm³/mol. The van der Waals surface area contributed by atoms with Gasteiger partial charge in [-0.1, -0.05) is 18.2 Å². The van der Waals surface area contributed by atoms with Crippen LogP contribution in [0.5, 0.6) is 0 Å². The fraction of sp³-hybridized carbons (Fsp3) is 0.333. The number of aromatic nitrogens is 1. The Morgan fingerprint density at radius 3 is 2.90 bits per heavy atom. The van der Waals surface area contributed by atoms with E-state index in [2.05, 4.69) is 0 Å². The number of nitrogens with zero attached hydrogens (tertiary/aromatic N) is 2. The summed E-state index contributed by atoms with van der Waals surface area (Å²) in [6, 6.07) is 6.77. The fourth-order valence-electron chi connectivity index (χ4n) is 2.83. The second-order valence-electron chi connectivity index (χ2n) is 5.20. The fourth-order valence-corrected chi connectivity index (χ4v) is 2.83. The van der Waals surface area contributed by atoms with Crippen molar-refractivity contribution in [1.82, 2.24) is 4.57 Å². The largest absolute Gasteiger partial charge is 0.388 e. The van der Waals surface area contributed by atoms with Crippen LogP contribution in [0.25, 0.3) is 0 Å². The van der Waals surface area contributed by atoms with Gasteiger partial charge in [-0.2, -0.15) is 0 Å². The molecule has 0 bridgehead atoms. The first kappa shape index (κ1) is 12.9. The Bertz CT molecular complexity index is 648. The normalized spacial score (nSPS) is 17.8. The van der Waals surface area contributed by atoms with Gasteiger partial charge in [0, 0.05) is 29.6 Å². The van der Waals surface area contributed by atoms with Crippen LogP contribution in [-0.2, 0) is 13.0 Å². The number of nitro benzene ring substituents is 1. The molecule has 104 valence electrons. The van der Waals surface area contributed by atoms with Crippen LogP contribution in [0.15, 0.2) is 36.7 Å². The number of rotatable bonds is 3. The Balaban J connectivity index is 1.91. The van der Waals surface area contributed by atoms with Crippen molar-refractivity contribution >= 4 is 5.69 Å². The van der Waals surface area contributed by atoms with Gasteiger partial charge < -0.3 is 9.67 Å². The molecule has 0 amide bonds. The van der Waals surface area contributed by atoms with Crippen molar-refractivity contribution in [2.24, 2.45) is 0 Å². The number of aliphatic hydroxyl groups excluding tert-OH is 1. The summed E-state index contributed by atoms with van der Waals surface area (Å²) >= 11 is 0. The van der Waals surface area contributed by atoms with Crippen molar-refractivity contribution in [3.63, 3.8) is 0 Å². The topological polar surface area (TPSA) is 68.3 Å². The summed E-state index contributed by atoms with van der Waals surface area (Å²) < 4.78 is 1.93. The third-order valence-electron chi connectivity index (χ3n) is 3.82. The summed E-state index contributed by atoms with van der Waals surface area (Å²) in [5.41, 5.74) is 2.94. The van der Waals surface area contributed by atoms with E-state index < -0.39 is 6.10 Å². The van der Waals surface area contributed by atoms with Gasteiger partial charge in [-0.05, 0) is 24.8 Å². The maximum atomic E-state index is 11.0. The molecule has 3 rings (SSSR count). The van der Waals surface area contributed by atoms with E-state index >= 15 is 0 Å². The summed E-state index contributed by atoms with van der Waals surface area (Å²) in [5, 5.41) is 21.0. The van der Waals surface area contributed by atoms with Gasteiger partial charge in [0.05, 0.1) is 17.6 Å². The number of hydrogen-bond donors (Lipinski definition) is 1. The molecule has 0 spiro atoms. The highest BCUT2D eigenvalue weighted by molar-refractivity contribution is 5.40. The lowest BCUT2D eigenvalue weighted by Crippen LogP contribution is -2.05. The van der Waals surface area contributed by atoms with Crippen molar-refractivity contribution in [3.8, 4) is 0 Å². The zero-order valence-corrected chi connectivity index (χ0v) is 11.0. The average molecular weight is 272 g/mol. The number of fused-ring (bicyclic) bond motifs is 1. The monoisotopic (exact) mass is 272 g/mol. The lowest BCUT2D eigenvalue weighted by Gasteiger charge is -2.16. The molecule has 0 saturated carbocycles. The lowest BCUT2D eigenvalue weighted by molar-refractivity contribution is -0.385. The molecule has 0 radical (unpaired) electrons. The third kappa shape index (κ3) is 2.32. The van der Waals surface area contributed by atoms with E-state index in [1.54, 1.807) is 18.2 Å². The van der Waals surface area contributed by atoms with Crippen molar-refractivity contribution < 1.29 is 10.0 Å². The Labute approximate surface area is 116 Å². The minimum absolute atomic E-state index is 0.139. The van der Waals surface area contributed by atoms with Crippen molar-refractivity contribution in [1.29, 1.82) is 0 Å². The zero-order chi connectivity index (χ0) is 14.1. The molecule has 0 aliphatic heterocycles. The first-order chi connectivity index (χ1) is 9.65. The van der Waals surface area contributed by atoms with Crippen molar-refractivity contribution in [3.05, 3.63) is 63.5 Å². The van der Waals surface area contributed by atoms with E-state index in [0.29, 0.717) is 12.1 Å². The predicted octanol–water partition coefficient (Wildman–Crippen LogP) is 2.81. The van der Waals surface area contributed by atoms with Crippen LogP contribution in [-0.4, -0.2) is 14.6 Å². The summed E-state index contributed by atoms with van der Waals surface area (Å²) in [6.45, 7) is 0.455. The number of hydrogen-bond acceptors (Lipinski definition) is 3. The van der Waals surface area contributed by atoms with Crippen LogP contribution in [0.3, 0.4) is 0 Å². The SMILES string of the molecule is O=[N+]([O-])c1ccccc1Cn1cc2c(c1)C(O)CCC2. The average Bonchev–Trinajstić information content (AvgIpc) is 2.83. The van der Waals surface area contributed by atoms with Gasteiger partial charge in [0.1, 0.15) is 0 Å². The minimum Gasteiger partial charge on any atom is -0.388 e. The molecular weight excluding hydrogens is 256 g/mol. The number of nitro groups is 1. The van der Waals surface area contributed by atoms with Gasteiger partial charge in [0.2, 0.25) is 0 Å². The first-order valence-electron chi connectivity index (χ1n) is 6.74. The second-order valence-corrected chi connectivity index (χ2v) is 5.20. The van der Waals surface area contributed by atoms with Gasteiger partial charge in [0.15, 0.2) is 0 Å². The Kier molecular flexibility index (Phi) is 3.28. The quantitative estimate of drug-likeness (QED) is 0.690. The van der Waals surface area contributed by atoms with Crippen LogP contribution in [0, 0.1) is 10.1 Å². The van der Waals surface area contributed by atoms with Crippen molar-refractivity contribution in [2.75, 3.05) is 0 Å². The van der Waals surface area contributed by atoms with E-state index in [-0.39, 0.29) is 10.6 Å². The van der Waals surface area contributed by atoms with Crippen LogP contribution < -0.4 is 0 Å². The number of aliphatic hydroxyl groups is 1. The lowest BCUT2D eigenvalue weighted by atomic mass is 9.93. The molecular formula is C15H16N2O3. The highest BCUT2D eigenvalue weighted by atomic mass is 16.6. The van der Waals surface area contributed by atoms with E-state index in [1.165, 1.54) is 6.07 Å². The minimum atomic E-state index is -0.397. The second kappa shape index (κ2) is 5.09. The Morgan fingerprint density at radius 1 is 1.35 bits per heavy atom. The molecule has 5 nitrogen and oxygen atoms in total.